The van der Waals surface area contributed by atoms with Gasteiger partial charge in [-0.25, -0.2) is 0 Å². The molecule has 0 fully saturated rings. The third kappa shape index (κ3) is 9.51. The molecule has 0 bridgehead atoms. The number of hydrogen-bond donors (Lipinski definition) is 0. The number of unbranched alkanes of at least 4 members (excludes halogenated alkanes) is 5. The molecule has 0 aliphatic heterocycles. The van der Waals surface area contributed by atoms with E-state index in [1.807, 2.05) is 0 Å². The lowest BCUT2D eigenvalue weighted by Gasteiger charge is -2.05. The summed E-state index contributed by atoms with van der Waals surface area (Å²) in [6.45, 7) is 6.03. The molecule has 110 valence electrons. The highest BCUT2D eigenvalue weighted by atomic mass is 19.4. The number of pyridine rings is 1. The topological polar surface area (TPSA) is 12.9 Å². The lowest BCUT2D eigenvalue weighted by molar-refractivity contribution is -0.137. The van der Waals surface area contributed by atoms with Crippen LogP contribution < -0.4 is 0 Å². The molecule has 1 aromatic rings. The number of rotatable bonds is 5. The van der Waals surface area contributed by atoms with Gasteiger partial charge in [0.2, 0.25) is 0 Å². The Hall–Kier alpha value is -1.06. The number of hydrogen-bond acceptors (Lipinski definition) is 1. The number of halogens is 3. The Labute approximate surface area is 114 Å². The fourth-order valence-electron chi connectivity index (χ4n) is 1.58. The Morgan fingerprint density at radius 1 is 1.00 bits per heavy atom. The Balaban J connectivity index is 0.000000362. The summed E-state index contributed by atoms with van der Waals surface area (Å²) in [7, 11) is 0. The molecule has 0 aliphatic carbocycles. The van der Waals surface area contributed by atoms with Crippen molar-refractivity contribution in [3.63, 3.8) is 0 Å². The molecule has 0 spiro atoms. The van der Waals surface area contributed by atoms with E-state index in [1.165, 1.54) is 45.4 Å². The van der Waals surface area contributed by atoms with E-state index in [4.69, 9.17) is 0 Å². The minimum Gasteiger partial charge on any atom is -0.262 e. The number of aryl methyl sites for hydroxylation is 1. The second-order valence-corrected chi connectivity index (χ2v) is 4.60. The van der Waals surface area contributed by atoms with Crippen LogP contribution in [0.2, 0.25) is 0 Å². The second-order valence-electron chi connectivity index (χ2n) is 4.60. The van der Waals surface area contributed by atoms with Gasteiger partial charge in [-0.3, -0.25) is 4.98 Å². The molecule has 1 heterocycles. The van der Waals surface area contributed by atoms with E-state index >= 15 is 0 Å². The van der Waals surface area contributed by atoms with Crippen LogP contribution in [0.1, 0.15) is 63.6 Å². The van der Waals surface area contributed by atoms with Crippen molar-refractivity contribution < 1.29 is 13.2 Å². The summed E-state index contributed by atoms with van der Waals surface area (Å²) >= 11 is 0. The van der Waals surface area contributed by atoms with Gasteiger partial charge in [-0.1, -0.05) is 52.4 Å². The smallest absolute Gasteiger partial charge is 0.262 e. The first-order valence-corrected chi connectivity index (χ1v) is 6.91. The molecule has 4 heteroatoms. The van der Waals surface area contributed by atoms with Gasteiger partial charge in [0.25, 0.3) is 0 Å². The first kappa shape index (κ1) is 17.9. The quantitative estimate of drug-likeness (QED) is 0.621. The lowest BCUT2D eigenvalue weighted by Crippen LogP contribution is -2.05. The van der Waals surface area contributed by atoms with Gasteiger partial charge in [0, 0.05) is 11.9 Å². The van der Waals surface area contributed by atoms with Gasteiger partial charge >= 0.3 is 6.18 Å². The summed E-state index contributed by atoms with van der Waals surface area (Å²) in [5.74, 6) is 0. The maximum absolute atomic E-state index is 11.9. The number of alkyl halides is 3. The van der Waals surface area contributed by atoms with E-state index in [1.54, 1.807) is 0 Å². The summed E-state index contributed by atoms with van der Waals surface area (Å²) in [4.78, 5) is 3.65. The highest BCUT2D eigenvalue weighted by Crippen LogP contribution is 2.28. The van der Waals surface area contributed by atoms with Crippen molar-refractivity contribution in [3.8, 4) is 0 Å². The maximum Gasteiger partial charge on any atom is 0.416 e. The van der Waals surface area contributed by atoms with E-state index in [0.29, 0.717) is 5.69 Å². The predicted molar refractivity (Wildman–Crippen MR) is 73.0 cm³/mol. The normalized spacial score (nSPS) is 10.8. The summed E-state index contributed by atoms with van der Waals surface area (Å²) in [5.41, 5.74) is -0.273. The van der Waals surface area contributed by atoms with E-state index < -0.39 is 11.7 Å². The van der Waals surface area contributed by atoms with Gasteiger partial charge in [-0.2, -0.15) is 13.2 Å². The van der Waals surface area contributed by atoms with Gasteiger partial charge in [-0.05, 0) is 19.1 Å². The zero-order chi connectivity index (χ0) is 14.7. The molecule has 1 rings (SSSR count). The van der Waals surface area contributed by atoms with Crippen LogP contribution in [0, 0.1) is 6.92 Å². The zero-order valence-electron chi connectivity index (χ0n) is 12.1. The molecular weight excluding hydrogens is 251 g/mol. The predicted octanol–water partition coefficient (Wildman–Crippen LogP) is 5.78. The van der Waals surface area contributed by atoms with Gasteiger partial charge in [0.15, 0.2) is 0 Å². The Morgan fingerprint density at radius 2 is 1.53 bits per heavy atom. The fourth-order valence-corrected chi connectivity index (χ4v) is 1.58. The summed E-state index contributed by atoms with van der Waals surface area (Å²) in [6.07, 6.45) is 5.38. The van der Waals surface area contributed by atoms with Crippen LogP contribution in [0.5, 0.6) is 0 Å². The first-order valence-electron chi connectivity index (χ1n) is 6.91. The van der Waals surface area contributed by atoms with Gasteiger partial charge in [0.05, 0.1) is 5.56 Å². The third-order valence-electron chi connectivity index (χ3n) is 2.68. The van der Waals surface area contributed by atoms with Crippen LogP contribution in [-0.2, 0) is 6.18 Å². The molecule has 0 aromatic carbocycles. The fraction of sp³-hybridized carbons (Fsp3) is 0.667. The van der Waals surface area contributed by atoms with Crippen LogP contribution >= 0.6 is 0 Å². The van der Waals surface area contributed by atoms with Crippen molar-refractivity contribution in [2.45, 2.75) is 65.5 Å². The number of aromatic nitrogens is 1. The summed E-state index contributed by atoms with van der Waals surface area (Å²) in [6, 6.07) is 1.97. The average Bonchev–Trinajstić information content (AvgIpc) is 2.35. The highest BCUT2D eigenvalue weighted by Gasteiger charge is 2.30. The first-order chi connectivity index (χ1) is 8.91. The summed E-state index contributed by atoms with van der Waals surface area (Å²) < 4.78 is 35.8. The zero-order valence-corrected chi connectivity index (χ0v) is 12.1. The van der Waals surface area contributed by atoms with Crippen LogP contribution in [0.4, 0.5) is 13.2 Å². The van der Waals surface area contributed by atoms with Crippen molar-refractivity contribution in [2.24, 2.45) is 0 Å². The molecule has 0 atom stereocenters. The van der Waals surface area contributed by atoms with E-state index in [-0.39, 0.29) is 0 Å². The minimum absolute atomic E-state index is 0.375. The molecule has 0 saturated heterocycles. The van der Waals surface area contributed by atoms with Gasteiger partial charge < -0.3 is 0 Å². The van der Waals surface area contributed by atoms with Crippen LogP contribution in [0.15, 0.2) is 18.3 Å². The van der Waals surface area contributed by atoms with E-state index in [2.05, 4.69) is 18.8 Å². The summed E-state index contributed by atoms with van der Waals surface area (Å²) in [5, 5.41) is 0. The Morgan fingerprint density at radius 3 is 1.84 bits per heavy atom. The molecular formula is C15H24F3N. The number of nitrogens with zero attached hydrogens (tertiary/aromatic N) is 1. The van der Waals surface area contributed by atoms with Crippen LogP contribution in [0.25, 0.3) is 0 Å². The molecule has 0 radical (unpaired) electrons. The van der Waals surface area contributed by atoms with Crippen molar-refractivity contribution in [1.82, 2.24) is 4.98 Å². The van der Waals surface area contributed by atoms with Crippen LogP contribution in [0.3, 0.4) is 0 Å². The largest absolute Gasteiger partial charge is 0.416 e. The standard InChI is InChI=1S/C8H18.C7H6F3N/c1-3-5-7-8-6-4-2;1-5-4-6(2-3-11-5)7(8,9)10/h3-8H2,1-2H3;2-4H,1H3. The Kier molecular flexibility index (Phi) is 9.27. The molecule has 1 aromatic heterocycles. The van der Waals surface area contributed by atoms with Crippen molar-refractivity contribution in [3.05, 3.63) is 29.6 Å². The van der Waals surface area contributed by atoms with E-state index in [0.717, 1.165) is 18.3 Å². The molecule has 1 nitrogen and oxygen atoms in total. The SMILES string of the molecule is CCCCCCCC.Cc1cc(C(F)(F)F)ccn1. The average molecular weight is 275 g/mol. The highest BCUT2D eigenvalue weighted by molar-refractivity contribution is 5.18. The molecule has 0 unspecified atom stereocenters. The molecule has 0 saturated carbocycles. The molecule has 0 amide bonds. The van der Waals surface area contributed by atoms with Crippen molar-refractivity contribution in [2.75, 3.05) is 0 Å². The molecule has 0 N–H and O–H groups in total. The van der Waals surface area contributed by atoms with Crippen molar-refractivity contribution in [1.29, 1.82) is 0 Å². The maximum atomic E-state index is 11.9. The Bertz CT molecular complexity index is 328. The van der Waals surface area contributed by atoms with E-state index in [9.17, 15) is 13.2 Å². The third-order valence-corrected chi connectivity index (χ3v) is 2.68. The second kappa shape index (κ2) is 9.82. The van der Waals surface area contributed by atoms with Crippen molar-refractivity contribution >= 4 is 0 Å². The molecule has 0 aliphatic rings. The monoisotopic (exact) mass is 275 g/mol. The van der Waals surface area contributed by atoms with Gasteiger partial charge in [-0.15, -0.1) is 0 Å². The van der Waals surface area contributed by atoms with Gasteiger partial charge in [0.1, 0.15) is 0 Å². The lowest BCUT2D eigenvalue weighted by atomic mass is 10.1. The van der Waals surface area contributed by atoms with Crippen LogP contribution in [-0.4, -0.2) is 4.98 Å². The minimum atomic E-state index is -4.26. The molecule has 19 heavy (non-hydrogen) atoms.